The zero-order chi connectivity index (χ0) is 24.5. The molecule has 0 radical (unpaired) electrons. The molecule has 1 amide bonds. The molecule has 2 unspecified atom stereocenters. The van der Waals surface area contributed by atoms with E-state index in [-0.39, 0.29) is 11.9 Å². The fourth-order valence-electron chi connectivity index (χ4n) is 4.21. The summed E-state index contributed by atoms with van der Waals surface area (Å²) in [4.78, 5) is 13.8. The number of rotatable bonds is 11. The maximum absolute atomic E-state index is 12.9. The molecule has 1 aliphatic carbocycles. The molecule has 0 aromatic heterocycles. The third-order valence-electron chi connectivity index (χ3n) is 6.56. The average molecular weight is 470 g/mol. The van der Waals surface area contributed by atoms with Crippen LogP contribution in [-0.4, -0.2) is 22.4 Å². The maximum atomic E-state index is 12.9. The number of carbonyl (C=O) groups is 1. The number of benzene rings is 1. The van der Waals surface area contributed by atoms with Gasteiger partial charge in [-0.1, -0.05) is 77.3 Å². The van der Waals surface area contributed by atoms with E-state index in [1.165, 1.54) is 23.1 Å². The second-order valence-electron chi connectivity index (χ2n) is 10.1. The van der Waals surface area contributed by atoms with Crippen molar-refractivity contribution >= 4 is 22.8 Å². The van der Waals surface area contributed by atoms with Crippen molar-refractivity contribution in [3.63, 3.8) is 0 Å². The van der Waals surface area contributed by atoms with Gasteiger partial charge < -0.3 is 5.32 Å². The standard InChI is InChI=1S/C29H43NO2S/c1-8-27(11-9-10-20(2)3)30-29(31)19-26-18-24(21(4)5)17-25(22(26)6)16-23-12-14-28(15-13-23)33(7)32/h12-16,18,20-21,27H,8-11,17,19H2,1-7H3,(H,30,31)/b25-16-. The lowest BCUT2D eigenvalue weighted by Crippen LogP contribution is -2.34. The topological polar surface area (TPSA) is 46.2 Å². The highest BCUT2D eigenvalue weighted by Gasteiger charge is 2.20. The Bertz CT molecular complexity index is 919. The van der Waals surface area contributed by atoms with Crippen LogP contribution in [0.1, 0.15) is 85.6 Å². The fraction of sp³-hybridized carbons (Fsp3) is 0.552. The summed E-state index contributed by atoms with van der Waals surface area (Å²) in [5.74, 6) is 1.26. The molecule has 0 fully saturated rings. The van der Waals surface area contributed by atoms with Gasteiger partial charge in [0.2, 0.25) is 5.91 Å². The minimum atomic E-state index is -0.970. The van der Waals surface area contributed by atoms with Crippen LogP contribution in [0.2, 0.25) is 0 Å². The Labute approximate surface area is 204 Å². The number of nitrogens with one attached hydrogen (secondary N) is 1. The molecule has 0 aliphatic heterocycles. The van der Waals surface area contributed by atoms with Gasteiger partial charge in [-0.25, -0.2) is 0 Å². The summed E-state index contributed by atoms with van der Waals surface area (Å²) in [6.07, 6.45) is 11.9. The van der Waals surface area contributed by atoms with Crippen molar-refractivity contribution in [1.29, 1.82) is 0 Å². The van der Waals surface area contributed by atoms with Crippen molar-refractivity contribution in [1.82, 2.24) is 5.32 Å². The first-order valence-corrected chi connectivity index (χ1v) is 14.0. The second-order valence-corrected chi connectivity index (χ2v) is 11.4. The number of hydrogen-bond donors (Lipinski definition) is 1. The zero-order valence-corrected chi connectivity index (χ0v) is 22.5. The van der Waals surface area contributed by atoms with E-state index in [2.05, 4.69) is 59.0 Å². The predicted octanol–water partition coefficient (Wildman–Crippen LogP) is 7.22. The van der Waals surface area contributed by atoms with Gasteiger partial charge >= 0.3 is 0 Å². The van der Waals surface area contributed by atoms with E-state index in [0.717, 1.165) is 41.7 Å². The van der Waals surface area contributed by atoms with Crippen LogP contribution in [-0.2, 0) is 15.6 Å². The first-order valence-electron chi connectivity index (χ1n) is 12.4. The summed E-state index contributed by atoms with van der Waals surface area (Å²) in [6, 6.07) is 8.18. The highest BCUT2D eigenvalue weighted by atomic mass is 32.2. The summed E-state index contributed by atoms with van der Waals surface area (Å²) in [7, 11) is -0.970. The molecule has 1 N–H and O–H groups in total. The summed E-state index contributed by atoms with van der Waals surface area (Å²) >= 11 is 0. The van der Waals surface area contributed by atoms with Crippen molar-refractivity contribution in [2.45, 2.75) is 91.0 Å². The van der Waals surface area contributed by atoms with Gasteiger partial charge in [0.15, 0.2) is 0 Å². The molecule has 2 rings (SSSR count). The van der Waals surface area contributed by atoms with Gasteiger partial charge in [-0.15, -0.1) is 0 Å². The maximum Gasteiger partial charge on any atom is 0.224 e. The number of allylic oxidation sites excluding steroid dienone is 4. The first kappa shape index (κ1) is 27.3. The molecule has 0 bridgehead atoms. The SMILES string of the molecule is CCC(CCCC(C)C)NC(=O)CC1=C(C)/C(=C\c2ccc(S(C)=O)cc2)CC(C(C)C)=C1. The first-order chi connectivity index (χ1) is 15.6. The Kier molecular flexibility index (Phi) is 10.8. The molecule has 0 saturated carbocycles. The Morgan fingerprint density at radius 2 is 1.79 bits per heavy atom. The smallest absolute Gasteiger partial charge is 0.224 e. The molecule has 1 aliphatic rings. The largest absolute Gasteiger partial charge is 0.353 e. The fourth-order valence-corrected chi connectivity index (χ4v) is 4.73. The molecule has 182 valence electrons. The van der Waals surface area contributed by atoms with Crippen LogP contribution in [0.25, 0.3) is 6.08 Å². The quantitative estimate of drug-likeness (QED) is 0.372. The van der Waals surface area contributed by atoms with Crippen LogP contribution in [0, 0.1) is 11.8 Å². The van der Waals surface area contributed by atoms with Gasteiger partial charge in [0.25, 0.3) is 0 Å². The molecule has 33 heavy (non-hydrogen) atoms. The van der Waals surface area contributed by atoms with E-state index < -0.39 is 10.8 Å². The Hall–Kier alpha value is -1.94. The lowest BCUT2D eigenvalue weighted by Gasteiger charge is -2.24. The van der Waals surface area contributed by atoms with Crippen LogP contribution < -0.4 is 5.32 Å². The molecular formula is C29H43NO2S. The Morgan fingerprint density at radius 3 is 2.33 bits per heavy atom. The predicted molar refractivity (Wildman–Crippen MR) is 143 cm³/mol. The second kappa shape index (κ2) is 13.1. The lowest BCUT2D eigenvalue weighted by molar-refractivity contribution is -0.121. The van der Waals surface area contributed by atoms with Gasteiger partial charge in [-0.3, -0.25) is 9.00 Å². The van der Waals surface area contributed by atoms with E-state index in [4.69, 9.17) is 0 Å². The van der Waals surface area contributed by atoms with Crippen LogP contribution >= 0.6 is 0 Å². The molecular weight excluding hydrogens is 426 g/mol. The van der Waals surface area contributed by atoms with E-state index in [1.54, 1.807) is 6.26 Å². The molecule has 1 aromatic rings. The van der Waals surface area contributed by atoms with Gasteiger partial charge in [0.1, 0.15) is 0 Å². The van der Waals surface area contributed by atoms with Crippen LogP contribution in [0.15, 0.2) is 57.5 Å². The van der Waals surface area contributed by atoms with Gasteiger partial charge in [-0.05, 0) is 72.4 Å². The molecule has 2 atom stereocenters. The molecule has 0 heterocycles. The minimum absolute atomic E-state index is 0.121. The summed E-state index contributed by atoms with van der Waals surface area (Å²) in [5, 5.41) is 3.28. The number of hydrogen-bond acceptors (Lipinski definition) is 2. The minimum Gasteiger partial charge on any atom is -0.353 e. The van der Waals surface area contributed by atoms with Crippen molar-refractivity contribution in [3.8, 4) is 0 Å². The third kappa shape index (κ3) is 8.73. The van der Waals surface area contributed by atoms with Crippen molar-refractivity contribution in [2.24, 2.45) is 11.8 Å². The number of carbonyl (C=O) groups excluding carboxylic acids is 1. The highest BCUT2D eigenvalue weighted by Crippen LogP contribution is 2.35. The summed E-state index contributed by atoms with van der Waals surface area (Å²) in [6.45, 7) is 13.2. The molecule has 3 nitrogen and oxygen atoms in total. The van der Waals surface area contributed by atoms with E-state index in [0.29, 0.717) is 18.3 Å². The number of amides is 1. The molecule has 0 spiro atoms. The third-order valence-corrected chi connectivity index (χ3v) is 7.49. The monoisotopic (exact) mass is 469 g/mol. The summed E-state index contributed by atoms with van der Waals surface area (Å²) in [5.41, 5.74) is 6.05. The van der Waals surface area contributed by atoms with Crippen LogP contribution in [0.4, 0.5) is 0 Å². The Morgan fingerprint density at radius 1 is 1.12 bits per heavy atom. The lowest BCUT2D eigenvalue weighted by atomic mass is 9.82. The van der Waals surface area contributed by atoms with Crippen molar-refractivity contribution in [2.75, 3.05) is 6.26 Å². The normalized spacial score (nSPS) is 17.5. The molecule has 4 heteroatoms. The van der Waals surface area contributed by atoms with Crippen molar-refractivity contribution < 1.29 is 9.00 Å². The van der Waals surface area contributed by atoms with Gasteiger partial charge in [-0.2, -0.15) is 0 Å². The van der Waals surface area contributed by atoms with Crippen molar-refractivity contribution in [3.05, 3.63) is 58.2 Å². The average Bonchev–Trinajstić information content (AvgIpc) is 2.75. The van der Waals surface area contributed by atoms with E-state index >= 15 is 0 Å². The van der Waals surface area contributed by atoms with E-state index in [1.807, 2.05) is 24.3 Å². The Balaban J connectivity index is 2.19. The highest BCUT2D eigenvalue weighted by molar-refractivity contribution is 7.84. The van der Waals surface area contributed by atoms with E-state index in [9.17, 15) is 9.00 Å². The summed E-state index contributed by atoms with van der Waals surface area (Å²) < 4.78 is 11.7. The van der Waals surface area contributed by atoms with Gasteiger partial charge in [0.05, 0.1) is 6.42 Å². The van der Waals surface area contributed by atoms with Crippen LogP contribution in [0.5, 0.6) is 0 Å². The van der Waals surface area contributed by atoms with Crippen LogP contribution in [0.3, 0.4) is 0 Å². The molecule has 0 saturated heterocycles. The van der Waals surface area contributed by atoms with Gasteiger partial charge in [0, 0.05) is 28.0 Å². The molecule has 1 aromatic carbocycles. The zero-order valence-electron chi connectivity index (χ0n) is 21.7.